The Balaban J connectivity index is 1.95. The Morgan fingerprint density at radius 2 is 2.47 bits per heavy atom. The SMILES string of the molecule is c1cc2nscc2cc1C1CNCCO1. The predicted octanol–water partition coefficient (Wildman–Crippen LogP) is 1.96. The number of morpholine rings is 1. The highest BCUT2D eigenvalue weighted by atomic mass is 32.1. The lowest BCUT2D eigenvalue weighted by Crippen LogP contribution is -2.33. The summed E-state index contributed by atoms with van der Waals surface area (Å²) in [4.78, 5) is 0. The molecule has 1 atom stereocenters. The number of hydrogen-bond acceptors (Lipinski definition) is 4. The molecule has 1 N–H and O–H groups in total. The molecule has 3 nitrogen and oxygen atoms in total. The molecule has 15 heavy (non-hydrogen) atoms. The maximum atomic E-state index is 5.71. The molecule has 0 bridgehead atoms. The summed E-state index contributed by atoms with van der Waals surface area (Å²) in [6.07, 6.45) is 0.197. The average Bonchev–Trinajstić information content (AvgIpc) is 2.77. The summed E-state index contributed by atoms with van der Waals surface area (Å²) in [5, 5.41) is 6.63. The third kappa shape index (κ3) is 1.76. The van der Waals surface area contributed by atoms with Crippen LogP contribution < -0.4 is 5.32 Å². The first kappa shape index (κ1) is 9.27. The molecule has 2 heterocycles. The van der Waals surface area contributed by atoms with Crippen LogP contribution in [0.25, 0.3) is 10.9 Å². The van der Waals surface area contributed by atoms with E-state index in [0.29, 0.717) is 0 Å². The summed E-state index contributed by atoms with van der Waals surface area (Å²) >= 11 is 1.50. The fourth-order valence-corrected chi connectivity index (χ4v) is 2.51. The number of nitrogens with one attached hydrogen (secondary N) is 1. The molecule has 1 saturated heterocycles. The minimum atomic E-state index is 0.197. The third-order valence-electron chi connectivity index (χ3n) is 2.68. The van der Waals surface area contributed by atoms with Gasteiger partial charge in [-0.15, -0.1) is 0 Å². The van der Waals surface area contributed by atoms with Gasteiger partial charge in [0, 0.05) is 23.9 Å². The second kappa shape index (κ2) is 3.89. The molecular formula is C11H12N2OS. The Bertz CT molecular complexity index is 462. The third-order valence-corrected chi connectivity index (χ3v) is 3.34. The first-order valence-electron chi connectivity index (χ1n) is 5.10. The molecule has 1 fully saturated rings. The van der Waals surface area contributed by atoms with Crippen LogP contribution in [-0.2, 0) is 4.74 Å². The van der Waals surface area contributed by atoms with Crippen molar-refractivity contribution in [3.63, 3.8) is 0 Å². The van der Waals surface area contributed by atoms with Gasteiger partial charge in [-0.3, -0.25) is 0 Å². The zero-order valence-corrected chi connectivity index (χ0v) is 9.09. The van der Waals surface area contributed by atoms with Crippen molar-refractivity contribution in [2.75, 3.05) is 19.7 Å². The molecule has 78 valence electrons. The summed E-state index contributed by atoms with van der Waals surface area (Å²) < 4.78 is 10.0. The maximum Gasteiger partial charge on any atom is 0.0950 e. The van der Waals surface area contributed by atoms with Gasteiger partial charge in [0.05, 0.1) is 18.2 Å². The molecule has 0 amide bonds. The van der Waals surface area contributed by atoms with E-state index in [1.54, 1.807) is 0 Å². The molecule has 1 aliphatic heterocycles. The summed E-state index contributed by atoms with van der Waals surface area (Å²) in [5.74, 6) is 0. The minimum absolute atomic E-state index is 0.197. The zero-order valence-electron chi connectivity index (χ0n) is 8.27. The molecule has 3 rings (SSSR count). The van der Waals surface area contributed by atoms with Gasteiger partial charge in [0.2, 0.25) is 0 Å². The number of aromatic nitrogens is 1. The molecule has 1 aromatic carbocycles. The van der Waals surface area contributed by atoms with E-state index in [2.05, 4.69) is 33.3 Å². The molecule has 1 unspecified atom stereocenters. The van der Waals surface area contributed by atoms with E-state index in [0.717, 1.165) is 25.2 Å². The summed E-state index contributed by atoms with van der Waals surface area (Å²) in [5.41, 5.74) is 2.32. The Hall–Kier alpha value is -0.970. The van der Waals surface area contributed by atoms with Gasteiger partial charge in [-0.2, -0.15) is 4.37 Å². The number of nitrogens with zero attached hydrogens (tertiary/aromatic N) is 1. The van der Waals surface area contributed by atoms with Crippen LogP contribution in [0.1, 0.15) is 11.7 Å². The Labute approximate surface area is 92.2 Å². The van der Waals surface area contributed by atoms with Crippen LogP contribution in [-0.4, -0.2) is 24.1 Å². The monoisotopic (exact) mass is 220 g/mol. The predicted molar refractivity (Wildman–Crippen MR) is 61.2 cm³/mol. The van der Waals surface area contributed by atoms with Crippen LogP contribution in [0.4, 0.5) is 0 Å². The number of fused-ring (bicyclic) bond motifs is 1. The lowest BCUT2D eigenvalue weighted by molar-refractivity contribution is 0.0278. The van der Waals surface area contributed by atoms with Gasteiger partial charge in [-0.1, -0.05) is 6.07 Å². The Morgan fingerprint density at radius 3 is 3.33 bits per heavy atom. The first-order chi connectivity index (χ1) is 7.43. The number of benzene rings is 1. The molecule has 0 aliphatic carbocycles. The molecule has 0 saturated carbocycles. The van der Waals surface area contributed by atoms with Gasteiger partial charge < -0.3 is 10.1 Å². The van der Waals surface area contributed by atoms with Gasteiger partial charge >= 0.3 is 0 Å². The molecule has 1 aliphatic rings. The summed E-state index contributed by atoms with van der Waals surface area (Å²) in [6, 6.07) is 6.36. The van der Waals surface area contributed by atoms with Gasteiger partial charge in [0.25, 0.3) is 0 Å². The minimum Gasteiger partial charge on any atom is -0.371 e. The molecule has 4 heteroatoms. The lowest BCUT2D eigenvalue weighted by atomic mass is 10.1. The van der Waals surface area contributed by atoms with Crippen molar-refractivity contribution in [3.8, 4) is 0 Å². The Morgan fingerprint density at radius 1 is 1.47 bits per heavy atom. The van der Waals surface area contributed by atoms with Crippen LogP contribution in [0.5, 0.6) is 0 Å². The van der Waals surface area contributed by atoms with Crippen LogP contribution in [0.15, 0.2) is 23.6 Å². The normalized spacial score (nSPS) is 22.0. The molecular weight excluding hydrogens is 208 g/mol. The van der Waals surface area contributed by atoms with E-state index in [9.17, 15) is 0 Å². The molecule has 1 aromatic heterocycles. The van der Waals surface area contributed by atoms with Crippen molar-refractivity contribution < 1.29 is 4.74 Å². The molecule has 0 spiro atoms. The van der Waals surface area contributed by atoms with Gasteiger partial charge in [-0.25, -0.2) is 0 Å². The van der Waals surface area contributed by atoms with E-state index in [4.69, 9.17) is 4.74 Å². The smallest absolute Gasteiger partial charge is 0.0950 e. The second-order valence-electron chi connectivity index (χ2n) is 3.70. The van der Waals surface area contributed by atoms with E-state index in [1.165, 1.54) is 22.5 Å². The van der Waals surface area contributed by atoms with Crippen LogP contribution >= 0.6 is 11.5 Å². The first-order valence-corrected chi connectivity index (χ1v) is 5.93. The topological polar surface area (TPSA) is 34.2 Å². The standard InChI is InChI=1S/C11H12N2OS/c1-2-10-9(7-15-13-10)5-8(1)11-6-12-3-4-14-11/h1-2,5,7,11-12H,3-4,6H2. The van der Waals surface area contributed by atoms with Crippen molar-refractivity contribution in [1.29, 1.82) is 0 Å². The summed E-state index contributed by atoms with van der Waals surface area (Å²) in [6.45, 7) is 2.66. The number of ether oxygens (including phenoxy) is 1. The second-order valence-corrected chi connectivity index (χ2v) is 4.33. The van der Waals surface area contributed by atoms with Crippen molar-refractivity contribution in [2.45, 2.75) is 6.10 Å². The van der Waals surface area contributed by atoms with E-state index < -0.39 is 0 Å². The van der Waals surface area contributed by atoms with Crippen LogP contribution in [0.2, 0.25) is 0 Å². The van der Waals surface area contributed by atoms with Gasteiger partial charge in [-0.05, 0) is 29.2 Å². The average molecular weight is 220 g/mol. The van der Waals surface area contributed by atoms with E-state index >= 15 is 0 Å². The molecule has 0 radical (unpaired) electrons. The number of rotatable bonds is 1. The van der Waals surface area contributed by atoms with Crippen LogP contribution in [0.3, 0.4) is 0 Å². The highest BCUT2D eigenvalue weighted by molar-refractivity contribution is 7.04. The van der Waals surface area contributed by atoms with Crippen molar-refractivity contribution in [1.82, 2.24) is 9.69 Å². The fourth-order valence-electron chi connectivity index (χ4n) is 1.87. The fraction of sp³-hybridized carbons (Fsp3) is 0.364. The quantitative estimate of drug-likeness (QED) is 0.797. The molecule has 2 aromatic rings. The largest absolute Gasteiger partial charge is 0.371 e. The van der Waals surface area contributed by atoms with E-state index in [1.807, 2.05) is 0 Å². The lowest BCUT2D eigenvalue weighted by Gasteiger charge is -2.23. The Kier molecular flexibility index (Phi) is 2.40. The van der Waals surface area contributed by atoms with Crippen molar-refractivity contribution >= 4 is 22.4 Å². The van der Waals surface area contributed by atoms with Crippen LogP contribution in [0, 0.1) is 0 Å². The highest BCUT2D eigenvalue weighted by Gasteiger charge is 2.15. The zero-order chi connectivity index (χ0) is 10.1. The number of hydrogen-bond donors (Lipinski definition) is 1. The summed E-state index contributed by atoms with van der Waals surface area (Å²) in [7, 11) is 0. The van der Waals surface area contributed by atoms with Crippen molar-refractivity contribution in [3.05, 3.63) is 29.1 Å². The van der Waals surface area contributed by atoms with Gasteiger partial charge in [0.1, 0.15) is 0 Å². The highest BCUT2D eigenvalue weighted by Crippen LogP contribution is 2.23. The maximum absolute atomic E-state index is 5.71. The van der Waals surface area contributed by atoms with Gasteiger partial charge in [0.15, 0.2) is 0 Å². The van der Waals surface area contributed by atoms with E-state index in [-0.39, 0.29) is 6.10 Å². The van der Waals surface area contributed by atoms with Crippen molar-refractivity contribution in [2.24, 2.45) is 0 Å².